The van der Waals surface area contributed by atoms with Crippen molar-refractivity contribution in [3.63, 3.8) is 0 Å². The summed E-state index contributed by atoms with van der Waals surface area (Å²) in [7, 11) is 3.61. The Bertz CT molecular complexity index is 744. The van der Waals surface area contributed by atoms with E-state index in [-0.39, 0.29) is 12.0 Å². The second kappa shape index (κ2) is 7.28. The van der Waals surface area contributed by atoms with Crippen molar-refractivity contribution in [1.82, 2.24) is 4.90 Å². The number of hydrogen-bond acceptors (Lipinski definition) is 3. The first-order valence-electron chi connectivity index (χ1n) is 8.69. The molecule has 0 heterocycles. The summed E-state index contributed by atoms with van der Waals surface area (Å²) in [5, 5.41) is 9.45. The Hall–Kier alpha value is -2.33. The molecule has 0 spiro atoms. The molecule has 0 aliphatic heterocycles. The number of likely N-dealkylation sites (N-methyl/N-ethyl adjacent to an activating group) is 1. The summed E-state index contributed by atoms with van der Waals surface area (Å²) in [6.07, 6.45) is 1.85. The number of fused-ring (bicyclic) bond motifs is 1. The van der Waals surface area contributed by atoms with Crippen molar-refractivity contribution in [3.05, 3.63) is 65.2 Å². The highest BCUT2D eigenvalue weighted by atomic mass is 16.5. The fraction of sp³-hybridized carbons (Fsp3) is 0.381. The van der Waals surface area contributed by atoms with Crippen LogP contribution in [0, 0.1) is 0 Å². The summed E-state index contributed by atoms with van der Waals surface area (Å²) in [4.78, 5) is 13.5. The van der Waals surface area contributed by atoms with Crippen molar-refractivity contribution in [2.75, 3.05) is 14.2 Å². The van der Waals surface area contributed by atoms with Gasteiger partial charge in [-0.3, -0.25) is 9.69 Å². The summed E-state index contributed by atoms with van der Waals surface area (Å²) in [6.45, 7) is 1.76. The van der Waals surface area contributed by atoms with Crippen LogP contribution in [-0.4, -0.2) is 42.2 Å². The first-order chi connectivity index (χ1) is 12.0. The molecule has 0 saturated heterocycles. The molecule has 2 aromatic rings. The molecule has 1 aliphatic rings. The van der Waals surface area contributed by atoms with Crippen molar-refractivity contribution in [2.45, 2.75) is 37.8 Å². The molecule has 3 rings (SSSR count). The molecule has 4 nitrogen and oxygen atoms in total. The van der Waals surface area contributed by atoms with Crippen molar-refractivity contribution in [3.8, 4) is 5.75 Å². The first-order valence-corrected chi connectivity index (χ1v) is 8.69. The van der Waals surface area contributed by atoms with E-state index >= 15 is 0 Å². The van der Waals surface area contributed by atoms with Gasteiger partial charge >= 0.3 is 5.97 Å². The van der Waals surface area contributed by atoms with Crippen LogP contribution in [-0.2, 0) is 11.2 Å². The van der Waals surface area contributed by atoms with Gasteiger partial charge in [0.25, 0.3) is 0 Å². The van der Waals surface area contributed by atoms with Gasteiger partial charge in [0, 0.05) is 12.0 Å². The fourth-order valence-electron chi connectivity index (χ4n) is 3.87. The average Bonchev–Trinajstić information content (AvgIpc) is 2.65. The third-order valence-corrected chi connectivity index (χ3v) is 5.43. The maximum absolute atomic E-state index is 11.5. The van der Waals surface area contributed by atoms with E-state index in [1.165, 1.54) is 16.7 Å². The lowest BCUT2D eigenvalue weighted by molar-refractivity contribution is -0.143. The highest BCUT2D eigenvalue weighted by Gasteiger charge is 2.36. The molecular weight excluding hydrogens is 314 g/mol. The monoisotopic (exact) mass is 339 g/mol. The minimum Gasteiger partial charge on any atom is -0.497 e. The first kappa shape index (κ1) is 17.5. The van der Waals surface area contributed by atoms with Crippen LogP contribution in [0.5, 0.6) is 5.75 Å². The molecule has 2 aromatic carbocycles. The van der Waals surface area contributed by atoms with Gasteiger partial charge in [-0.15, -0.1) is 0 Å². The van der Waals surface area contributed by atoms with E-state index in [1.807, 2.05) is 36.2 Å². The molecule has 0 bridgehead atoms. The quantitative estimate of drug-likeness (QED) is 0.905. The lowest BCUT2D eigenvalue weighted by Gasteiger charge is -2.41. The van der Waals surface area contributed by atoms with E-state index < -0.39 is 12.0 Å². The summed E-state index contributed by atoms with van der Waals surface area (Å²) < 4.78 is 5.38. The lowest BCUT2D eigenvalue weighted by atomic mass is 9.74. The molecule has 3 atom stereocenters. The molecule has 1 N–H and O–H groups in total. The van der Waals surface area contributed by atoms with E-state index in [0.29, 0.717) is 0 Å². The van der Waals surface area contributed by atoms with Crippen LogP contribution in [0.25, 0.3) is 0 Å². The number of nitrogens with zero attached hydrogens (tertiary/aromatic N) is 1. The zero-order chi connectivity index (χ0) is 18.0. The molecule has 0 aromatic heterocycles. The highest BCUT2D eigenvalue weighted by molar-refractivity contribution is 5.73. The molecular formula is C21H25NO3. The van der Waals surface area contributed by atoms with Gasteiger partial charge in [0.05, 0.1) is 7.11 Å². The number of benzene rings is 2. The number of carbonyl (C=O) groups is 1. The van der Waals surface area contributed by atoms with Crippen molar-refractivity contribution < 1.29 is 14.6 Å². The predicted octanol–water partition coefficient (Wildman–Crippen LogP) is 3.55. The van der Waals surface area contributed by atoms with Crippen molar-refractivity contribution in [2.24, 2.45) is 0 Å². The van der Waals surface area contributed by atoms with Crippen molar-refractivity contribution >= 4 is 5.97 Å². The molecule has 25 heavy (non-hydrogen) atoms. The zero-order valence-corrected chi connectivity index (χ0v) is 15.0. The second-order valence-corrected chi connectivity index (χ2v) is 6.74. The predicted molar refractivity (Wildman–Crippen MR) is 98.2 cm³/mol. The van der Waals surface area contributed by atoms with Gasteiger partial charge in [0.2, 0.25) is 0 Å². The standard InChI is InChI=1S/C21H25NO3/c1-14(21(23)24)22(2)19-12-9-16-13-17(25-3)10-11-18(16)20(19)15-7-5-4-6-8-15/h4-8,10-11,13-14,19-20H,9,12H2,1-3H3,(H,23,24)/t14?,19-,20+/m0/s1. The summed E-state index contributed by atoms with van der Waals surface area (Å²) in [5.41, 5.74) is 3.79. The van der Waals surface area contributed by atoms with Crippen LogP contribution < -0.4 is 4.74 Å². The summed E-state index contributed by atoms with van der Waals surface area (Å²) >= 11 is 0. The number of rotatable bonds is 5. The van der Waals surface area contributed by atoms with E-state index in [1.54, 1.807) is 14.0 Å². The minimum absolute atomic E-state index is 0.148. The average molecular weight is 339 g/mol. The topological polar surface area (TPSA) is 49.8 Å². The minimum atomic E-state index is -0.783. The van der Waals surface area contributed by atoms with Gasteiger partial charge in [-0.05, 0) is 55.6 Å². The Morgan fingerprint density at radius 3 is 2.60 bits per heavy atom. The van der Waals surface area contributed by atoms with Gasteiger partial charge in [0.15, 0.2) is 0 Å². The Morgan fingerprint density at radius 1 is 1.24 bits per heavy atom. The maximum Gasteiger partial charge on any atom is 0.320 e. The second-order valence-electron chi connectivity index (χ2n) is 6.74. The number of aliphatic carboxylic acids is 1. The molecule has 1 unspecified atom stereocenters. The molecule has 132 valence electrons. The van der Waals surface area contributed by atoms with Crippen LogP contribution in [0.1, 0.15) is 36.0 Å². The number of carboxylic acids is 1. The normalized spacial score (nSPS) is 20.8. The Kier molecular flexibility index (Phi) is 5.09. The molecule has 0 radical (unpaired) electrons. The van der Waals surface area contributed by atoms with Crippen LogP contribution in [0.15, 0.2) is 48.5 Å². The van der Waals surface area contributed by atoms with E-state index in [0.717, 1.165) is 18.6 Å². The highest BCUT2D eigenvalue weighted by Crippen LogP contribution is 2.40. The number of methoxy groups -OCH3 is 1. The largest absolute Gasteiger partial charge is 0.497 e. The van der Waals surface area contributed by atoms with Gasteiger partial charge < -0.3 is 9.84 Å². The van der Waals surface area contributed by atoms with Gasteiger partial charge in [0.1, 0.15) is 11.8 Å². The lowest BCUT2D eigenvalue weighted by Crippen LogP contribution is -2.47. The number of aryl methyl sites for hydroxylation is 1. The Morgan fingerprint density at radius 2 is 1.96 bits per heavy atom. The van der Waals surface area contributed by atoms with E-state index in [2.05, 4.69) is 24.3 Å². The smallest absolute Gasteiger partial charge is 0.320 e. The van der Waals surface area contributed by atoms with Crippen LogP contribution in [0.4, 0.5) is 0 Å². The molecule has 0 fully saturated rings. The summed E-state index contributed by atoms with van der Waals surface area (Å²) in [6, 6.07) is 16.3. The summed E-state index contributed by atoms with van der Waals surface area (Å²) in [5.74, 6) is 0.244. The SMILES string of the molecule is COc1ccc2c(c1)CC[C@H](N(C)C(C)C(=O)O)[C@@H]2c1ccccc1. The number of hydrogen-bond donors (Lipinski definition) is 1. The molecule has 0 amide bonds. The third-order valence-electron chi connectivity index (χ3n) is 5.43. The van der Waals surface area contributed by atoms with E-state index in [4.69, 9.17) is 4.74 Å². The van der Waals surface area contributed by atoms with Crippen molar-refractivity contribution in [1.29, 1.82) is 0 Å². The van der Waals surface area contributed by atoms with Gasteiger partial charge in [-0.25, -0.2) is 0 Å². The Labute approximate surface area is 149 Å². The fourth-order valence-corrected chi connectivity index (χ4v) is 3.87. The van der Waals surface area contributed by atoms with Gasteiger partial charge in [-0.2, -0.15) is 0 Å². The van der Waals surface area contributed by atoms with Crippen LogP contribution in [0.2, 0.25) is 0 Å². The van der Waals surface area contributed by atoms with Gasteiger partial charge in [-0.1, -0.05) is 36.4 Å². The third kappa shape index (κ3) is 3.40. The molecule has 0 saturated carbocycles. The number of carboxylic acid groups (broad SMARTS) is 1. The number of ether oxygens (including phenoxy) is 1. The Balaban J connectivity index is 2.05. The zero-order valence-electron chi connectivity index (χ0n) is 15.0. The molecule has 4 heteroatoms. The van der Waals surface area contributed by atoms with E-state index in [9.17, 15) is 9.90 Å². The maximum atomic E-state index is 11.5. The van der Waals surface area contributed by atoms with Crippen LogP contribution >= 0.6 is 0 Å². The van der Waals surface area contributed by atoms with Crippen LogP contribution in [0.3, 0.4) is 0 Å². The molecule has 1 aliphatic carbocycles.